The number of amides is 2. The van der Waals surface area contributed by atoms with Crippen LogP contribution >= 0.6 is 23.1 Å². The van der Waals surface area contributed by atoms with Crippen LogP contribution in [0.3, 0.4) is 0 Å². The summed E-state index contributed by atoms with van der Waals surface area (Å²) in [6.07, 6.45) is 0. The number of hydrogen-bond acceptors (Lipinski definition) is 9. The molecule has 0 spiro atoms. The zero-order valence-electron chi connectivity index (χ0n) is 17.1. The molecule has 0 fully saturated rings. The number of rotatable bonds is 9. The van der Waals surface area contributed by atoms with Crippen LogP contribution in [0.4, 0.5) is 22.2 Å². The molecule has 0 saturated heterocycles. The number of carbonyl (C=O) groups excluding carboxylic acids is 2. The fourth-order valence-corrected chi connectivity index (χ4v) is 4.11. The molecule has 2 aromatic carbocycles. The molecule has 0 aliphatic rings. The van der Waals surface area contributed by atoms with Crippen molar-refractivity contribution >= 4 is 57.1 Å². The molecule has 11 heteroatoms. The van der Waals surface area contributed by atoms with Gasteiger partial charge in [0.05, 0.1) is 25.7 Å². The van der Waals surface area contributed by atoms with Gasteiger partial charge in [-0.25, -0.2) is 0 Å². The van der Waals surface area contributed by atoms with Crippen molar-refractivity contribution in [3.63, 3.8) is 0 Å². The van der Waals surface area contributed by atoms with Gasteiger partial charge in [-0.15, -0.1) is 10.2 Å². The van der Waals surface area contributed by atoms with Gasteiger partial charge in [-0.1, -0.05) is 29.2 Å². The van der Waals surface area contributed by atoms with Crippen molar-refractivity contribution in [2.24, 2.45) is 0 Å². The lowest BCUT2D eigenvalue weighted by atomic mass is 10.2. The molecular formula is C20H21N5O4S2. The van der Waals surface area contributed by atoms with Crippen LogP contribution in [0.25, 0.3) is 0 Å². The third kappa shape index (κ3) is 6.59. The van der Waals surface area contributed by atoms with Crippen molar-refractivity contribution in [2.45, 2.75) is 11.3 Å². The predicted molar refractivity (Wildman–Crippen MR) is 123 cm³/mol. The van der Waals surface area contributed by atoms with E-state index in [4.69, 9.17) is 9.47 Å². The Kier molecular flexibility index (Phi) is 7.68. The maximum absolute atomic E-state index is 12.3. The second kappa shape index (κ2) is 10.6. The van der Waals surface area contributed by atoms with E-state index in [0.29, 0.717) is 32.3 Å². The van der Waals surface area contributed by atoms with E-state index in [9.17, 15) is 9.59 Å². The number of thioether (sulfide) groups is 1. The number of carbonyl (C=O) groups is 2. The third-order valence-corrected chi connectivity index (χ3v) is 5.82. The van der Waals surface area contributed by atoms with Gasteiger partial charge < -0.3 is 25.4 Å². The number of benzene rings is 2. The van der Waals surface area contributed by atoms with Gasteiger partial charge in [-0.2, -0.15) is 0 Å². The van der Waals surface area contributed by atoms with Gasteiger partial charge in [-0.05, 0) is 30.3 Å². The number of anilines is 4. The van der Waals surface area contributed by atoms with Crippen LogP contribution in [0.15, 0.2) is 46.8 Å². The van der Waals surface area contributed by atoms with E-state index in [-0.39, 0.29) is 17.6 Å². The highest BCUT2D eigenvalue weighted by Gasteiger charge is 2.12. The maximum atomic E-state index is 12.3. The Labute approximate surface area is 187 Å². The highest BCUT2D eigenvalue weighted by Crippen LogP contribution is 2.31. The predicted octanol–water partition coefficient (Wildman–Crippen LogP) is 3.99. The Balaban J connectivity index is 1.54. The summed E-state index contributed by atoms with van der Waals surface area (Å²) in [6.45, 7) is 1.45. The van der Waals surface area contributed by atoms with E-state index < -0.39 is 0 Å². The average molecular weight is 460 g/mol. The van der Waals surface area contributed by atoms with E-state index in [0.717, 1.165) is 5.69 Å². The van der Waals surface area contributed by atoms with Crippen molar-refractivity contribution in [3.8, 4) is 11.5 Å². The van der Waals surface area contributed by atoms with E-state index >= 15 is 0 Å². The molecule has 3 N–H and O–H groups in total. The molecule has 0 atom stereocenters. The molecule has 9 nitrogen and oxygen atoms in total. The monoisotopic (exact) mass is 459 g/mol. The number of aromatic nitrogens is 2. The van der Waals surface area contributed by atoms with Gasteiger partial charge in [0.15, 0.2) is 4.34 Å². The van der Waals surface area contributed by atoms with E-state index in [2.05, 4.69) is 26.1 Å². The van der Waals surface area contributed by atoms with Gasteiger partial charge in [0.2, 0.25) is 16.9 Å². The molecule has 0 unspecified atom stereocenters. The maximum Gasteiger partial charge on any atom is 0.234 e. The van der Waals surface area contributed by atoms with Crippen molar-refractivity contribution in [1.82, 2.24) is 10.2 Å². The summed E-state index contributed by atoms with van der Waals surface area (Å²) in [5.41, 5.74) is 2.01. The molecule has 0 aliphatic heterocycles. The Bertz CT molecular complexity index is 1070. The highest BCUT2D eigenvalue weighted by atomic mass is 32.2. The zero-order valence-corrected chi connectivity index (χ0v) is 18.7. The van der Waals surface area contributed by atoms with Crippen molar-refractivity contribution in [3.05, 3.63) is 42.5 Å². The topological polar surface area (TPSA) is 114 Å². The molecule has 0 saturated carbocycles. The Morgan fingerprint density at radius 2 is 1.84 bits per heavy atom. The molecule has 2 amide bonds. The number of ether oxygens (including phenoxy) is 2. The van der Waals surface area contributed by atoms with Gasteiger partial charge in [0, 0.05) is 24.4 Å². The smallest absolute Gasteiger partial charge is 0.234 e. The summed E-state index contributed by atoms with van der Waals surface area (Å²) >= 11 is 2.61. The molecule has 0 bridgehead atoms. The minimum absolute atomic E-state index is 0.141. The van der Waals surface area contributed by atoms with Gasteiger partial charge in [0.25, 0.3) is 0 Å². The molecule has 0 aliphatic carbocycles. The highest BCUT2D eigenvalue weighted by molar-refractivity contribution is 8.01. The quantitative estimate of drug-likeness (QED) is 0.412. The first kappa shape index (κ1) is 22.4. The Morgan fingerprint density at radius 1 is 1.03 bits per heavy atom. The molecule has 3 aromatic rings. The van der Waals surface area contributed by atoms with Crippen LogP contribution < -0.4 is 25.4 Å². The van der Waals surface area contributed by atoms with E-state index in [1.165, 1.54) is 37.1 Å². The summed E-state index contributed by atoms with van der Waals surface area (Å²) in [5.74, 6) is 0.989. The molecule has 162 valence electrons. The zero-order chi connectivity index (χ0) is 22.2. The lowest BCUT2D eigenvalue weighted by Crippen LogP contribution is -2.14. The number of nitrogens with one attached hydrogen (secondary N) is 3. The molecular weight excluding hydrogens is 438 g/mol. The van der Waals surface area contributed by atoms with E-state index in [1.54, 1.807) is 37.4 Å². The summed E-state index contributed by atoms with van der Waals surface area (Å²) in [7, 11) is 3.09. The van der Waals surface area contributed by atoms with Crippen molar-refractivity contribution < 1.29 is 19.1 Å². The van der Waals surface area contributed by atoms with Crippen LogP contribution in [-0.2, 0) is 9.59 Å². The standard InChI is InChI=1S/C20H21N5O4S2/c1-12(26)21-13-5-4-6-14(9-13)22-19-24-25-20(31-19)30-11-18(27)23-16-8-7-15(28-2)10-17(16)29-3/h4-10H,11H2,1-3H3,(H,21,26)(H,22,24)(H,23,27). The van der Waals surface area contributed by atoms with Gasteiger partial charge in [0.1, 0.15) is 11.5 Å². The largest absolute Gasteiger partial charge is 0.497 e. The number of methoxy groups -OCH3 is 2. The third-order valence-electron chi connectivity index (χ3n) is 3.85. The second-order valence-corrected chi connectivity index (χ2v) is 8.36. The summed E-state index contributed by atoms with van der Waals surface area (Å²) < 4.78 is 11.1. The Hall–Kier alpha value is -3.31. The first-order chi connectivity index (χ1) is 15.0. The molecule has 3 rings (SSSR count). The second-order valence-electron chi connectivity index (χ2n) is 6.16. The van der Waals surface area contributed by atoms with Gasteiger partial charge >= 0.3 is 0 Å². The molecule has 0 radical (unpaired) electrons. The van der Waals surface area contributed by atoms with E-state index in [1.807, 2.05) is 12.1 Å². The number of hydrogen-bond donors (Lipinski definition) is 3. The number of nitrogens with zero attached hydrogens (tertiary/aromatic N) is 2. The first-order valence-corrected chi connectivity index (χ1v) is 10.9. The van der Waals surface area contributed by atoms with Crippen LogP contribution in [-0.4, -0.2) is 42.0 Å². The summed E-state index contributed by atoms with van der Waals surface area (Å²) in [4.78, 5) is 23.5. The fraction of sp³-hybridized carbons (Fsp3) is 0.200. The van der Waals surface area contributed by atoms with Crippen LogP contribution in [0, 0.1) is 0 Å². The first-order valence-electron chi connectivity index (χ1n) is 9.09. The van der Waals surface area contributed by atoms with Crippen LogP contribution in [0.5, 0.6) is 11.5 Å². The molecule has 1 heterocycles. The van der Waals surface area contributed by atoms with Gasteiger partial charge in [-0.3, -0.25) is 9.59 Å². The Morgan fingerprint density at radius 3 is 2.58 bits per heavy atom. The lowest BCUT2D eigenvalue weighted by molar-refractivity contribution is -0.114. The summed E-state index contributed by atoms with van der Waals surface area (Å²) in [6, 6.07) is 12.4. The van der Waals surface area contributed by atoms with Crippen molar-refractivity contribution in [2.75, 3.05) is 35.9 Å². The molecule has 31 heavy (non-hydrogen) atoms. The molecule has 1 aromatic heterocycles. The SMILES string of the molecule is COc1ccc(NC(=O)CSc2nnc(Nc3cccc(NC(C)=O)c3)s2)c(OC)c1. The van der Waals surface area contributed by atoms with Crippen molar-refractivity contribution in [1.29, 1.82) is 0 Å². The average Bonchev–Trinajstić information content (AvgIpc) is 3.19. The minimum atomic E-state index is -0.193. The lowest BCUT2D eigenvalue weighted by Gasteiger charge is -2.11. The summed E-state index contributed by atoms with van der Waals surface area (Å²) in [5, 5.41) is 17.5. The van der Waals surface area contributed by atoms with Crippen LogP contribution in [0.1, 0.15) is 6.92 Å². The fourth-order valence-electron chi connectivity index (χ4n) is 2.54. The minimum Gasteiger partial charge on any atom is -0.497 e. The van der Waals surface area contributed by atoms with Crippen LogP contribution in [0.2, 0.25) is 0 Å². The normalized spacial score (nSPS) is 10.3.